The predicted molar refractivity (Wildman–Crippen MR) is 83.6 cm³/mol. The second kappa shape index (κ2) is 6.38. The van der Waals surface area contributed by atoms with E-state index in [2.05, 4.69) is 31.3 Å². The molecule has 0 aliphatic carbocycles. The van der Waals surface area contributed by atoms with Crippen molar-refractivity contribution in [1.82, 2.24) is 5.32 Å². The number of benzene rings is 2. The zero-order valence-corrected chi connectivity index (χ0v) is 12.3. The van der Waals surface area contributed by atoms with E-state index in [1.807, 2.05) is 49.4 Å². The van der Waals surface area contributed by atoms with Crippen LogP contribution in [0, 0.1) is 5.92 Å². The van der Waals surface area contributed by atoms with Gasteiger partial charge in [0.25, 0.3) is 5.91 Å². The highest BCUT2D eigenvalue weighted by molar-refractivity contribution is 5.94. The van der Waals surface area contributed by atoms with Crippen molar-refractivity contribution < 1.29 is 4.79 Å². The van der Waals surface area contributed by atoms with E-state index in [1.54, 1.807) is 0 Å². The molecule has 1 amide bonds. The van der Waals surface area contributed by atoms with Crippen molar-refractivity contribution in [3.8, 4) is 11.1 Å². The molecule has 2 aromatic carbocycles. The van der Waals surface area contributed by atoms with Gasteiger partial charge in [0.05, 0.1) is 0 Å². The van der Waals surface area contributed by atoms with Crippen LogP contribution >= 0.6 is 0 Å². The van der Waals surface area contributed by atoms with Crippen LogP contribution in [-0.2, 0) is 0 Å². The molecule has 2 aromatic rings. The second-order valence-electron chi connectivity index (χ2n) is 5.45. The van der Waals surface area contributed by atoms with Crippen molar-refractivity contribution in [2.45, 2.75) is 26.8 Å². The summed E-state index contributed by atoms with van der Waals surface area (Å²) in [5, 5.41) is 3.02. The molecule has 2 rings (SSSR count). The lowest BCUT2D eigenvalue weighted by molar-refractivity contribution is 0.0930. The van der Waals surface area contributed by atoms with E-state index in [9.17, 15) is 4.79 Å². The molecule has 0 fully saturated rings. The summed E-state index contributed by atoms with van der Waals surface area (Å²) in [5.41, 5.74) is 2.99. The maximum absolute atomic E-state index is 12.1. The number of carbonyl (C=O) groups is 1. The quantitative estimate of drug-likeness (QED) is 0.886. The van der Waals surface area contributed by atoms with Crippen LogP contribution in [0.1, 0.15) is 31.1 Å². The summed E-state index contributed by atoms with van der Waals surface area (Å²) in [4.78, 5) is 12.1. The Balaban J connectivity index is 2.11. The maximum Gasteiger partial charge on any atom is 0.251 e. The van der Waals surface area contributed by atoms with Crippen LogP contribution < -0.4 is 5.32 Å². The van der Waals surface area contributed by atoms with Gasteiger partial charge in [0.15, 0.2) is 0 Å². The molecule has 20 heavy (non-hydrogen) atoms. The maximum atomic E-state index is 12.1. The summed E-state index contributed by atoms with van der Waals surface area (Å²) < 4.78 is 0. The van der Waals surface area contributed by atoms with Crippen molar-refractivity contribution in [2.24, 2.45) is 5.92 Å². The van der Waals surface area contributed by atoms with Gasteiger partial charge in [0.2, 0.25) is 0 Å². The van der Waals surface area contributed by atoms with Crippen LogP contribution in [-0.4, -0.2) is 11.9 Å². The lowest BCUT2D eigenvalue weighted by atomic mass is 10.0. The van der Waals surface area contributed by atoms with Crippen molar-refractivity contribution in [1.29, 1.82) is 0 Å². The third-order valence-electron chi connectivity index (χ3n) is 3.61. The fourth-order valence-electron chi connectivity index (χ4n) is 1.90. The van der Waals surface area contributed by atoms with Gasteiger partial charge in [-0.2, -0.15) is 0 Å². The molecule has 0 saturated carbocycles. The van der Waals surface area contributed by atoms with Gasteiger partial charge in [-0.3, -0.25) is 4.79 Å². The summed E-state index contributed by atoms with van der Waals surface area (Å²) in [5.74, 6) is 0.424. The second-order valence-corrected chi connectivity index (χ2v) is 5.45. The number of carbonyl (C=O) groups excluding carboxylic acids is 1. The van der Waals surface area contributed by atoms with Gasteiger partial charge in [-0.1, -0.05) is 56.3 Å². The number of nitrogens with one attached hydrogen (secondary N) is 1. The van der Waals surface area contributed by atoms with Gasteiger partial charge in [0, 0.05) is 11.6 Å². The fourth-order valence-corrected chi connectivity index (χ4v) is 1.90. The van der Waals surface area contributed by atoms with Crippen LogP contribution in [0.15, 0.2) is 54.6 Å². The first kappa shape index (κ1) is 14.3. The molecular weight excluding hydrogens is 246 g/mol. The Labute approximate surface area is 120 Å². The van der Waals surface area contributed by atoms with E-state index < -0.39 is 0 Å². The minimum Gasteiger partial charge on any atom is -0.349 e. The Morgan fingerprint density at radius 3 is 1.95 bits per heavy atom. The van der Waals surface area contributed by atoms with Gasteiger partial charge >= 0.3 is 0 Å². The molecule has 0 heterocycles. The molecule has 104 valence electrons. The molecule has 0 aliphatic heterocycles. The van der Waals surface area contributed by atoms with Crippen molar-refractivity contribution in [3.63, 3.8) is 0 Å². The van der Waals surface area contributed by atoms with Gasteiger partial charge in [0.1, 0.15) is 0 Å². The zero-order chi connectivity index (χ0) is 14.5. The van der Waals surface area contributed by atoms with Crippen LogP contribution in [0.3, 0.4) is 0 Å². The first-order valence-corrected chi connectivity index (χ1v) is 7.04. The molecule has 0 aromatic heterocycles. The van der Waals surface area contributed by atoms with E-state index in [-0.39, 0.29) is 11.9 Å². The lowest BCUT2D eigenvalue weighted by Gasteiger charge is -2.17. The average Bonchev–Trinajstić information content (AvgIpc) is 2.48. The Bertz CT molecular complexity index is 558. The molecule has 2 heteroatoms. The summed E-state index contributed by atoms with van der Waals surface area (Å²) in [7, 11) is 0. The molecule has 0 radical (unpaired) electrons. The van der Waals surface area contributed by atoms with Crippen molar-refractivity contribution in [3.05, 3.63) is 60.2 Å². The molecule has 0 saturated heterocycles. The van der Waals surface area contributed by atoms with Gasteiger partial charge < -0.3 is 5.32 Å². The Morgan fingerprint density at radius 2 is 1.40 bits per heavy atom. The normalized spacial score (nSPS) is 12.2. The van der Waals surface area contributed by atoms with Crippen molar-refractivity contribution in [2.75, 3.05) is 0 Å². The fraction of sp³-hybridized carbons (Fsp3) is 0.278. The first-order chi connectivity index (χ1) is 9.58. The van der Waals surface area contributed by atoms with Crippen molar-refractivity contribution >= 4 is 5.91 Å². The minimum absolute atomic E-state index is 0.00851. The monoisotopic (exact) mass is 267 g/mol. The SMILES string of the molecule is CC(C)[C@H](C)NC(=O)c1ccc(-c2ccccc2)cc1. The van der Waals surface area contributed by atoms with Crippen LogP contribution in [0.2, 0.25) is 0 Å². The highest BCUT2D eigenvalue weighted by Gasteiger charge is 2.12. The van der Waals surface area contributed by atoms with E-state index in [0.717, 1.165) is 11.1 Å². The molecule has 2 nitrogen and oxygen atoms in total. The predicted octanol–water partition coefficient (Wildman–Crippen LogP) is 4.13. The average molecular weight is 267 g/mol. The number of hydrogen-bond donors (Lipinski definition) is 1. The summed E-state index contributed by atoms with van der Waals surface area (Å²) in [6.45, 7) is 6.23. The summed E-state index contributed by atoms with van der Waals surface area (Å²) in [6, 6.07) is 18.1. The number of hydrogen-bond acceptors (Lipinski definition) is 1. The molecular formula is C18H21NO. The third-order valence-corrected chi connectivity index (χ3v) is 3.61. The summed E-state index contributed by atoms with van der Waals surface area (Å²) >= 11 is 0. The van der Waals surface area contributed by atoms with E-state index in [4.69, 9.17) is 0 Å². The number of rotatable bonds is 4. The summed E-state index contributed by atoms with van der Waals surface area (Å²) in [6.07, 6.45) is 0. The highest BCUT2D eigenvalue weighted by Crippen LogP contribution is 2.19. The molecule has 0 unspecified atom stereocenters. The van der Waals surface area contributed by atoms with Gasteiger partial charge in [-0.25, -0.2) is 0 Å². The van der Waals surface area contributed by atoms with Crippen LogP contribution in [0.25, 0.3) is 11.1 Å². The van der Waals surface area contributed by atoms with Gasteiger partial charge in [-0.15, -0.1) is 0 Å². The van der Waals surface area contributed by atoms with E-state index in [0.29, 0.717) is 11.5 Å². The van der Waals surface area contributed by atoms with Crippen LogP contribution in [0.5, 0.6) is 0 Å². The molecule has 1 atom stereocenters. The van der Waals surface area contributed by atoms with Crippen LogP contribution in [0.4, 0.5) is 0 Å². The molecule has 0 aliphatic rings. The molecule has 1 N–H and O–H groups in total. The third kappa shape index (κ3) is 3.47. The zero-order valence-electron chi connectivity index (χ0n) is 12.3. The first-order valence-electron chi connectivity index (χ1n) is 7.04. The van der Waals surface area contributed by atoms with E-state index >= 15 is 0 Å². The van der Waals surface area contributed by atoms with Gasteiger partial charge in [-0.05, 0) is 36.1 Å². The topological polar surface area (TPSA) is 29.1 Å². The largest absolute Gasteiger partial charge is 0.349 e. The minimum atomic E-state index is -0.00851. The smallest absolute Gasteiger partial charge is 0.251 e. The number of amides is 1. The Kier molecular flexibility index (Phi) is 4.57. The lowest BCUT2D eigenvalue weighted by Crippen LogP contribution is -2.36. The standard InChI is InChI=1S/C18H21NO/c1-13(2)14(3)19-18(20)17-11-9-16(10-12-17)15-7-5-4-6-8-15/h4-14H,1-3H3,(H,19,20)/t14-/m0/s1. The Morgan fingerprint density at radius 1 is 0.850 bits per heavy atom. The molecule has 0 bridgehead atoms. The molecule has 0 spiro atoms. The Hall–Kier alpha value is -2.09. The highest BCUT2D eigenvalue weighted by atomic mass is 16.1. The van der Waals surface area contributed by atoms with E-state index in [1.165, 1.54) is 0 Å².